The van der Waals surface area contributed by atoms with Gasteiger partial charge in [0.15, 0.2) is 0 Å². The van der Waals surface area contributed by atoms with Gasteiger partial charge in [0.05, 0.1) is 21.2 Å². The highest BCUT2D eigenvalue weighted by molar-refractivity contribution is 7.36. The van der Waals surface area contributed by atoms with Gasteiger partial charge in [0, 0.05) is 15.6 Å². The molecular formula is C28H24N2S2. The molecule has 3 heterocycles. The van der Waals surface area contributed by atoms with Gasteiger partial charge < -0.3 is 0 Å². The zero-order valence-electron chi connectivity index (χ0n) is 19.6. The van der Waals surface area contributed by atoms with E-state index in [1.54, 1.807) is 17.7 Å². The maximum atomic E-state index is 8.57. The largest absolute Gasteiger partial charge is 0.235 e. The molecule has 0 amide bonds. The van der Waals surface area contributed by atoms with Crippen molar-refractivity contribution >= 4 is 63.1 Å². The van der Waals surface area contributed by atoms with Crippen molar-refractivity contribution in [3.63, 3.8) is 0 Å². The zero-order chi connectivity index (χ0) is 22.9. The standard InChI is InChI=1S/C28H24N2S2/c1-16-5-7-18-8-9-19(13-20(18)11-16)23-26-24(30-15-29-23)27-25(32-26)21-12-17(14-28(2,3)4)6-10-22(21)31-27/h5-13,15H,14H2,1-4H3/i8D. The SMILES string of the molecule is [2H]c1cc(-c2ncnc3c2sc2c4cc(CC(C)(C)C)ccc4sc32)cc2cc(C)ccc12. The Bertz CT molecular complexity index is 1700. The number of rotatable bonds is 2. The second-order valence-corrected chi connectivity index (χ2v) is 11.9. The molecule has 0 saturated carbocycles. The van der Waals surface area contributed by atoms with Crippen LogP contribution in [-0.4, -0.2) is 9.97 Å². The molecule has 0 unspecified atom stereocenters. The highest BCUT2D eigenvalue weighted by Gasteiger charge is 2.18. The van der Waals surface area contributed by atoms with E-state index < -0.39 is 0 Å². The van der Waals surface area contributed by atoms with Crippen molar-refractivity contribution in [3.05, 3.63) is 72.0 Å². The van der Waals surface area contributed by atoms with Gasteiger partial charge in [-0.15, -0.1) is 22.7 Å². The molecule has 0 N–H and O–H groups in total. The Balaban J connectivity index is 1.58. The van der Waals surface area contributed by atoms with Crippen LogP contribution in [0.5, 0.6) is 0 Å². The lowest BCUT2D eigenvalue weighted by molar-refractivity contribution is 0.411. The minimum Gasteiger partial charge on any atom is -0.235 e. The van der Waals surface area contributed by atoms with E-state index in [1.807, 2.05) is 23.5 Å². The highest BCUT2D eigenvalue weighted by atomic mass is 32.1. The zero-order valence-corrected chi connectivity index (χ0v) is 20.2. The summed E-state index contributed by atoms with van der Waals surface area (Å²) in [6, 6.07) is 17.8. The lowest BCUT2D eigenvalue weighted by Crippen LogP contribution is -2.08. The normalized spacial score (nSPS) is 12.9. The van der Waals surface area contributed by atoms with E-state index in [0.717, 1.165) is 38.7 Å². The Kier molecular flexibility index (Phi) is 4.15. The minimum atomic E-state index is 0.254. The Morgan fingerprint density at radius 2 is 1.75 bits per heavy atom. The predicted molar refractivity (Wildman–Crippen MR) is 141 cm³/mol. The Labute approximate surface area is 197 Å². The van der Waals surface area contributed by atoms with Gasteiger partial charge in [-0.1, -0.05) is 62.7 Å². The van der Waals surface area contributed by atoms with Crippen LogP contribution in [0.1, 0.15) is 33.3 Å². The second kappa shape index (κ2) is 7.09. The Morgan fingerprint density at radius 3 is 2.59 bits per heavy atom. The smallest absolute Gasteiger partial charge is 0.116 e. The van der Waals surface area contributed by atoms with Crippen LogP contribution in [0.4, 0.5) is 0 Å². The van der Waals surface area contributed by atoms with Crippen LogP contribution in [0.2, 0.25) is 0 Å². The summed E-state index contributed by atoms with van der Waals surface area (Å²) in [6.45, 7) is 8.94. The summed E-state index contributed by atoms with van der Waals surface area (Å²) in [7, 11) is 0. The number of hydrogen-bond donors (Lipinski definition) is 0. The number of benzene rings is 3. The molecule has 2 nitrogen and oxygen atoms in total. The molecule has 3 aromatic carbocycles. The average molecular weight is 454 g/mol. The van der Waals surface area contributed by atoms with Crippen LogP contribution < -0.4 is 0 Å². The molecule has 0 bridgehead atoms. The lowest BCUT2D eigenvalue weighted by Gasteiger charge is -2.18. The van der Waals surface area contributed by atoms with E-state index in [9.17, 15) is 0 Å². The number of fused-ring (bicyclic) bond motifs is 6. The molecule has 0 atom stereocenters. The first-order valence-electron chi connectivity index (χ1n) is 11.4. The van der Waals surface area contributed by atoms with E-state index in [4.69, 9.17) is 6.35 Å². The van der Waals surface area contributed by atoms with E-state index >= 15 is 0 Å². The second-order valence-electron chi connectivity index (χ2n) is 9.81. The van der Waals surface area contributed by atoms with Crippen LogP contribution in [-0.2, 0) is 6.42 Å². The molecule has 0 saturated heterocycles. The molecule has 0 aliphatic heterocycles. The van der Waals surface area contributed by atoms with Crippen LogP contribution in [0.3, 0.4) is 0 Å². The molecule has 32 heavy (non-hydrogen) atoms. The number of thiophene rings is 2. The van der Waals surface area contributed by atoms with Gasteiger partial charge in [0.1, 0.15) is 11.8 Å². The van der Waals surface area contributed by atoms with E-state index in [1.165, 1.54) is 30.6 Å². The predicted octanol–water partition coefficient (Wildman–Crippen LogP) is 8.78. The summed E-state index contributed by atoms with van der Waals surface area (Å²) in [5.74, 6) is 0. The summed E-state index contributed by atoms with van der Waals surface area (Å²) in [5.41, 5.74) is 5.75. The van der Waals surface area contributed by atoms with Crippen molar-refractivity contribution in [1.29, 1.82) is 0 Å². The Morgan fingerprint density at radius 1 is 0.875 bits per heavy atom. The molecular weight excluding hydrogens is 428 g/mol. The number of hydrogen-bond acceptors (Lipinski definition) is 4. The quantitative estimate of drug-likeness (QED) is 0.262. The molecule has 3 aromatic heterocycles. The summed E-state index contributed by atoms with van der Waals surface area (Å²) in [5, 5.41) is 3.38. The van der Waals surface area contributed by atoms with Gasteiger partial charge in [-0.3, -0.25) is 0 Å². The third-order valence-electron chi connectivity index (χ3n) is 5.84. The average Bonchev–Trinajstić information content (AvgIpc) is 3.28. The van der Waals surface area contributed by atoms with E-state index in [0.29, 0.717) is 6.04 Å². The third-order valence-corrected chi connectivity index (χ3v) is 8.36. The number of aromatic nitrogens is 2. The summed E-state index contributed by atoms with van der Waals surface area (Å²) in [4.78, 5) is 9.38. The van der Waals surface area contributed by atoms with Crippen molar-refractivity contribution in [2.24, 2.45) is 5.41 Å². The summed E-state index contributed by atoms with van der Waals surface area (Å²) in [6.07, 6.45) is 2.72. The molecule has 0 spiro atoms. The molecule has 6 rings (SSSR count). The maximum absolute atomic E-state index is 8.57. The van der Waals surface area contributed by atoms with Gasteiger partial charge in [0.2, 0.25) is 0 Å². The van der Waals surface area contributed by atoms with Crippen molar-refractivity contribution in [3.8, 4) is 11.3 Å². The molecule has 158 valence electrons. The Hall–Kier alpha value is -2.82. The van der Waals surface area contributed by atoms with Crippen LogP contribution in [0.15, 0.2) is 60.9 Å². The molecule has 0 aliphatic rings. The first-order valence-corrected chi connectivity index (χ1v) is 12.5. The van der Waals surface area contributed by atoms with Crippen LogP contribution >= 0.6 is 22.7 Å². The van der Waals surface area contributed by atoms with Crippen molar-refractivity contribution < 1.29 is 1.37 Å². The van der Waals surface area contributed by atoms with Crippen LogP contribution in [0.25, 0.3) is 51.7 Å². The highest BCUT2D eigenvalue weighted by Crippen LogP contribution is 2.46. The van der Waals surface area contributed by atoms with Crippen molar-refractivity contribution in [2.75, 3.05) is 0 Å². The molecule has 0 aliphatic carbocycles. The number of nitrogens with zero attached hydrogens (tertiary/aromatic N) is 2. The van der Waals surface area contributed by atoms with Crippen molar-refractivity contribution in [1.82, 2.24) is 9.97 Å². The van der Waals surface area contributed by atoms with Crippen LogP contribution in [0, 0.1) is 12.3 Å². The van der Waals surface area contributed by atoms with Gasteiger partial charge in [-0.25, -0.2) is 9.97 Å². The first kappa shape index (κ1) is 18.7. The molecule has 6 aromatic rings. The fourth-order valence-corrected chi connectivity index (χ4v) is 7.13. The summed E-state index contributed by atoms with van der Waals surface area (Å²) < 4.78 is 13.5. The first-order chi connectivity index (χ1) is 15.8. The number of aryl methyl sites for hydroxylation is 1. The van der Waals surface area contributed by atoms with Crippen molar-refractivity contribution in [2.45, 2.75) is 34.1 Å². The van der Waals surface area contributed by atoms with Gasteiger partial charge in [-0.2, -0.15) is 0 Å². The van der Waals surface area contributed by atoms with Gasteiger partial charge in [0.25, 0.3) is 0 Å². The monoisotopic (exact) mass is 453 g/mol. The van der Waals surface area contributed by atoms with Gasteiger partial charge in [-0.05, 0) is 53.3 Å². The fraction of sp³-hybridized carbons (Fsp3) is 0.214. The van der Waals surface area contributed by atoms with Gasteiger partial charge >= 0.3 is 0 Å². The maximum Gasteiger partial charge on any atom is 0.116 e. The molecule has 0 fully saturated rings. The third kappa shape index (κ3) is 3.30. The molecule has 0 radical (unpaired) electrons. The van der Waals surface area contributed by atoms with E-state index in [-0.39, 0.29) is 5.41 Å². The fourth-order valence-electron chi connectivity index (χ4n) is 4.48. The minimum absolute atomic E-state index is 0.254. The topological polar surface area (TPSA) is 25.8 Å². The lowest BCUT2D eigenvalue weighted by atomic mass is 9.88. The summed E-state index contributed by atoms with van der Waals surface area (Å²) >= 11 is 3.60. The van der Waals surface area contributed by atoms with E-state index in [2.05, 4.69) is 69.1 Å². The molecule has 4 heteroatoms.